The van der Waals surface area contributed by atoms with Crippen LogP contribution in [0.1, 0.15) is 32.4 Å². The minimum absolute atomic E-state index is 0.0358. The van der Waals surface area contributed by atoms with E-state index in [9.17, 15) is 27.2 Å². The average molecular weight is 565 g/mol. The van der Waals surface area contributed by atoms with Crippen LogP contribution in [0.4, 0.5) is 29.1 Å². The first-order valence-electron chi connectivity index (χ1n) is 10.4. The van der Waals surface area contributed by atoms with E-state index in [0.717, 1.165) is 19.2 Å². The van der Waals surface area contributed by atoms with Crippen molar-refractivity contribution >= 4 is 45.1 Å². The normalized spacial score (nSPS) is 15.8. The maximum Gasteiger partial charge on any atom is 0.493 e. The van der Waals surface area contributed by atoms with E-state index in [-0.39, 0.29) is 33.5 Å². The summed E-state index contributed by atoms with van der Waals surface area (Å²) in [7, 11) is 0. The molecule has 0 bridgehead atoms. The highest BCUT2D eigenvalue weighted by atomic mass is 79.9. The lowest BCUT2D eigenvalue weighted by atomic mass is 9.95. The molecule has 2 N–H and O–H groups in total. The number of piperidine rings is 1. The zero-order valence-electron chi connectivity index (χ0n) is 18.5. The summed E-state index contributed by atoms with van der Waals surface area (Å²) in [5.74, 6) is -4.71. The molecule has 1 amide bonds. The SMILES string of the molecule is CC(C)N1CCC(C(=O)Nc2nonc2/C(=N\OC(=O)C(F)(F)F)Nc2ccc(F)c(Br)c2)CC1. The smallest absolute Gasteiger partial charge is 0.335 e. The van der Waals surface area contributed by atoms with Crippen molar-refractivity contribution in [3.05, 3.63) is 34.2 Å². The van der Waals surface area contributed by atoms with Crippen molar-refractivity contribution in [3.8, 4) is 0 Å². The number of nitrogens with one attached hydrogen (secondary N) is 2. The van der Waals surface area contributed by atoms with E-state index >= 15 is 0 Å². The molecule has 0 radical (unpaired) electrons. The van der Waals surface area contributed by atoms with Gasteiger partial charge in [0.05, 0.1) is 4.47 Å². The van der Waals surface area contributed by atoms with Crippen molar-refractivity contribution < 1.29 is 36.6 Å². The predicted octanol–water partition coefficient (Wildman–Crippen LogP) is 3.91. The van der Waals surface area contributed by atoms with E-state index in [1.165, 1.54) is 12.1 Å². The van der Waals surface area contributed by atoms with Crippen LogP contribution in [0.5, 0.6) is 0 Å². The highest BCUT2D eigenvalue weighted by molar-refractivity contribution is 9.10. The number of halogens is 5. The van der Waals surface area contributed by atoms with E-state index in [0.29, 0.717) is 18.9 Å². The Morgan fingerprint density at radius 1 is 1.23 bits per heavy atom. The van der Waals surface area contributed by atoms with Gasteiger partial charge in [0.1, 0.15) is 5.82 Å². The molecule has 0 atom stereocenters. The molecule has 2 heterocycles. The molecule has 2 aromatic rings. The van der Waals surface area contributed by atoms with Crippen LogP contribution in [0.25, 0.3) is 0 Å². The van der Waals surface area contributed by atoms with Gasteiger partial charge in [0.25, 0.3) is 0 Å². The van der Waals surface area contributed by atoms with Gasteiger partial charge < -0.3 is 20.4 Å². The third-order valence-corrected chi connectivity index (χ3v) is 5.83. The standard InChI is InChI=1S/C20H21BrF4N6O4/c1-10(2)31-7-5-11(6-8-31)18(32)27-17-15(28-35-30-17)16(29-34-19(33)20(23,24)25)26-12-3-4-14(22)13(21)9-12/h3-4,9-11H,5-8H2,1-2H3,(H,26,29)(H,27,30,32). The summed E-state index contributed by atoms with van der Waals surface area (Å²) in [5.41, 5.74) is -0.199. The fourth-order valence-corrected chi connectivity index (χ4v) is 3.68. The lowest BCUT2D eigenvalue weighted by molar-refractivity contribution is -0.199. The Hall–Kier alpha value is -3.07. The van der Waals surface area contributed by atoms with Crippen LogP contribution in [-0.2, 0) is 14.4 Å². The number of nitrogens with zero attached hydrogens (tertiary/aromatic N) is 4. The van der Waals surface area contributed by atoms with Gasteiger partial charge in [-0.1, -0.05) is 5.16 Å². The van der Waals surface area contributed by atoms with Gasteiger partial charge in [-0.25, -0.2) is 13.8 Å². The molecule has 0 saturated carbocycles. The average Bonchev–Trinajstić information content (AvgIpc) is 3.26. The molecule has 0 unspecified atom stereocenters. The maximum atomic E-state index is 13.6. The Kier molecular flexibility index (Phi) is 8.43. The fraction of sp³-hybridized carbons (Fsp3) is 0.450. The minimum atomic E-state index is -5.31. The van der Waals surface area contributed by atoms with Gasteiger partial charge in [-0.2, -0.15) is 13.2 Å². The van der Waals surface area contributed by atoms with E-state index in [1.807, 2.05) is 0 Å². The number of hydrogen-bond donors (Lipinski definition) is 2. The number of hydrogen-bond acceptors (Lipinski definition) is 8. The van der Waals surface area contributed by atoms with Gasteiger partial charge in [-0.15, -0.1) is 0 Å². The van der Waals surface area contributed by atoms with Crippen molar-refractivity contribution in [2.24, 2.45) is 11.1 Å². The van der Waals surface area contributed by atoms with E-state index in [1.54, 1.807) is 0 Å². The Morgan fingerprint density at radius 3 is 2.51 bits per heavy atom. The van der Waals surface area contributed by atoms with Gasteiger partial charge in [-0.05, 0) is 84.2 Å². The van der Waals surface area contributed by atoms with Crippen LogP contribution in [0.15, 0.2) is 32.5 Å². The molecular formula is C20H21BrF4N6O4. The first kappa shape index (κ1) is 26.5. The summed E-state index contributed by atoms with van der Waals surface area (Å²) in [5, 5.41) is 15.4. The molecule has 1 fully saturated rings. The van der Waals surface area contributed by atoms with Crippen molar-refractivity contribution in [3.63, 3.8) is 0 Å². The summed E-state index contributed by atoms with van der Waals surface area (Å²) in [6.45, 7) is 5.57. The zero-order chi connectivity index (χ0) is 25.8. The summed E-state index contributed by atoms with van der Waals surface area (Å²) in [6.07, 6.45) is -4.12. The number of carbonyl (C=O) groups excluding carboxylic acids is 2. The Labute approximate surface area is 205 Å². The molecule has 1 aliphatic heterocycles. The first-order chi connectivity index (χ1) is 16.5. The molecular weight excluding hydrogens is 544 g/mol. The zero-order valence-corrected chi connectivity index (χ0v) is 20.1. The second-order valence-electron chi connectivity index (χ2n) is 7.92. The molecule has 1 aromatic carbocycles. The molecule has 3 rings (SSSR count). The van der Waals surface area contributed by atoms with Crippen molar-refractivity contribution in [1.82, 2.24) is 15.2 Å². The van der Waals surface area contributed by atoms with Crippen molar-refractivity contribution in [2.45, 2.75) is 38.9 Å². The number of amidine groups is 1. The second-order valence-corrected chi connectivity index (χ2v) is 8.78. The number of alkyl halides is 3. The molecule has 10 nitrogen and oxygen atoms in total. The summed E-state index contributed by atoms with van der Waals surface area (Å²) < 4.78 is 56.0. The third kappa shape index (κ3) is 6.97. The third-order valence-electron chi connectivity index (χ3n) is 5.22. The van der Waals surface area contributed by atoms with Crippen LogP contribution >= 0.6 is 15.9 Å². The Bertz CT molecular complexity index is 1100. The van der Waals surface area contributed by atoms with Crippen molar-refractivity contribution in [1.29, 1.82) is 0 Å². The number of oxime groups is 1. The molecule has 35 heavy (non-hydrogen) atoms. The number of benzene rings is 1. The van der Waals surface area contributed by atoms with Crippen molar-refractivity contribution in [2.75, 3.05) is 23.7 Å². The minimum Gasteiger partial charge on any atom is -0.335 e. The number of carbonyl (C=O) groups is 2. The lowest BCUT2D eigenvalue weighted by Crippen LogP contribution is -2.41. The van der Waals surface area contributed by atoms with Gasteiger partial charge in [0.2, 0.25) is 17.6 Å². The number of likely N-dealkylation sites (tertiary alicyclic amines) is 1. The Morgan fingerprint density at radius 2 is 1.91 bits per heavy atom. The number of amides is 1. The Balaban J connectivity index is 1.82. The van der Waals surface area contributed by atoms with Crippen LogP contribution < -0.4 is 10.6 Å². The van der Waals surface area contributed by atoms with Gasteiger partial charge >= 0.3 is 12.1 Å². The van der Waals surface area contributed by atoms with Gasteiger partial charge in [0.15, 0.2) is 5.69 Å². The number of aromatic nitrogens is 2. The number of rotatable bonds is 6. The second kappa shape index (κ2) is 11.1. The number of anilines is 2. The van der Waals surface area contributed by atoms with E-state index in [2.05, 4.69) is 70.2 Å². The summed E-state index contributed by atoms with van der Waals surface area (Å²) in [4.78, 5) is 30.1. The molecule has 1 aromatic heterocycles. The topological polar surface area (TPSA) is 122 Å². The van der Waals surface area contributed by atoms with Gasteiger partial charge in [-0.3, -0.25) is 4.79 Å². The van der Waals surface area contributed by atoms with Crippen LogP contribution in [0.2, 0.25) is 0 Å². The summed E-state index contributed by atoms with van der Waals surface area (Å²) in [6, 6.07) is 3.92. The molecule has 0 aliphatic carbocycles. The highest BCUT2D eigenvalue weighted by Gasteiger charge is 2.42. The molecule has 15 heteroatoms. The molecule has 190 valence electrons. The van der Waals surface area contributed by atoms with Gasteiger partial charge in [0, 0.05) is 17.6 Å². The monoisotopic (exact) mass is 564 g/mol. The quantitative estimate of drug-likeness (QED) is 0.178. The first-order valence-corrected chi connectivity index (χ1v) is 11.2. The summed E-state index contributed by atoms with van der Waals surface area (Å²) >= 11 is 2.98. The van der Waals surface area contributed by atoms with Crippen LogP contribution in [0.3, 0.4) is 0 Å². The lowest BCUT2D eigenvalue weighted by Gasteiger charge is -2.33. The van der Waals surface area contributed by atoms with Crippen LogP contribution in [0, 0.1) is 11.7 Å². The highest BCUT2D eigenvalue weighted by Crippen LogP contribution is 2.24. The fourth-order valence-electron chi connectivity index (χ4n) is 3.30. The molecule has 1 saturated heterocycles. The van der Waals surface area contributed by atoms with Crippen LogP contribution in [-0.4, -0.2) is 58.2 Å². The molecule has 0 spiro atoms. The maximum absolute atomic E-state index is 13.6. The largest absolute Gasteiger partial charge is 0.493 e. The molecule has 1 aliphatic rings. The predicted molar refractivity (Wildman–Crippen MR) is 119 cm³/mol. The van der Waals surface area contributed by atoms with E-state index in [4.69, 9.17) is 0 Å². The van der Waals surface area contributed by atoms with E-state index < -0.39 is 23.8 Å².